The lowest BCUT2D eigenvalue weighted by molar-refractivity contribution is 0.0691. The Morgan fingerprint density at radius 1 is 1.50 bits per heavy atom. The minimum Gasteiger partial charge on any atom is -0.478 e. The van der Waals surface area contributed by atoms with Crippen LogP contribution < -0.4 is 0 Å². The first-order valence-corrected chi connectivity index (χ1v) is 6.88. The van der Waals surface area contributed by atoms with Gasteiger partial charge in [0.15, 0.2) is 0 Å². The van der Waals surface area contributed by atoms with Crippen molar-refractivity contribution in [2.75, 3.05) is 27.2 Å². The average Bonchev–Trinajstić information content (AvgIpc) is 2.41. The summed E-state index contributed by atoms with van der Waals surface area (Å²) in [6.45, 7) is 2.29. The minimum absolute atomic E-state index is 0.247. The van der Waals surface area contributed by atoms with E-state index in [1.54, 1.807) is 12.1 Å². The van der Waals surface area contributed by atoms with Gasteiger partial charge in [0.05, 0.1) is 5.56 Å². The number of piperidine rings is 1. The number of carboxylic acids is 1. The van der Waals surface area contributed by atoms with Gasteiger partial charge in [0.2, 0.25) is 0 Å². The summed E-state index contributed by atoms with van der Waals surface area (Å²) in [4.78, 5) is 15.3. The predicted molar refractivity (Wildman–Crippen MR) is 75.3 cm³/mol. The van der Waals surface area contributed by atoms with Crippen molar-refractivity contribution in [3.05, 3.63) is 35.1 Å². The third-order valence-electron chi connectivity index (χ3n) is 3.91. The van der Waals surface area contributed by atoms with E-state index in [1.165, 1.54) is 6.07 Å². The van der Waals surface area contributed by atoms with Gasteiger partial charge in [0.1, 0.15) is 5.82 Å². The van der Waals surface area contributed by atoms with E-state index in [0.717, 1.165) is 25.9 Å². The van der Waals surface area contributed by atoms with Crippen molar-refractivity contribution in [3.63, 3.8) is 0 Å². The van der Waals surface area contributed by atoms with Crippen molar-refractivity contribution >= 4 is 5.97 Å². The predicted octanol–water partition coefficient (Wildman–Crippen LogP) is 2.05. The monoisotopic (exact) mass is 280 g/mol. The zero-order chi connectivity index (χ0) is 14.7. The van der Waals surface area contributed by atoms with Gasteiger partial charge < -0.3 is 10.0 Å². The summed E-state index contributed by atoms with van der Waals surface area (Å²) in [5.41, 5.74) is 0.216. The first kappa shape index (κ1) is 14.9. The highest BCUT2D eigenvalue weighted by Gasteiger charge is 2.23. The molecule has 0 aliphatic carbocycles. The molecule has 1 aromatic carbocycles. The van der Waals surface area contributed by atoms with Crippen molar-refractivity contribution in [3.8, 4) is 0 Å². The molecule has 0 aromatic heterocycles. The SMILES string of the molecule is CN(C)C1CCCN(Cc2cccc(C(=O)O)c2F)C1. The van der Waals surface area contributed by atoms with Crippen LogP contribution in [0, 0.1) is 5.82 Å². The van der Waals surface area contributed by atoms with Gasteiger partial charge in [0, 0.05) is 24.7 Å². The third kappa shape index (κ3) is 3.35. The summed E-state index contributed by atoms with van der Waals surface area (Å²) < 4.78 is 14.1. The highest BCUT2D eigenvalue weighted by molar-refractivity contribution is 5.88. The van der Waals surface area contributed by atoms with Crippen molar-refractivity contribution in [1.29, 1.82) is 0 Å². The molecule has 5 heteroatoms. The largest absolute Gasteiger partial charge is 0.478 e. The molecule has 1 saturated heterocycles. The number of carboxylic acid groups (broad SMARTS) is 1. The maximum Gasteiger partial charge on any atom is 0.338 e. The molecule has 1 aromatic rings. The van der Waals surface area contributed by atoms with Gasteiger partial charge in [-0.1, -0.05) is 12.1 Å². The molecule has 1 aliphatic rings. The van der Waals surface area contributed by atoms with Gasteiger partial charge in [-0.3, -0.25) is 4.90 Å². The van der Waals surface area contributed by atoms with Gasteiger partial charge >= 0.3 is 5.97 Å². The molecule has 1 unspecified atom stereocenters. The van der Waals surface area contributed by atoms with E-state index in [-0.39, 0.29) is 5.56 Å². The number of halogens is 1. The molecule has 1 aliphatic heterocycles. The molecule has 4 nitrogen and oxygen atoms in total. The van der Waals surface area contributed by atoms with Gasteiger partial charge in [-0.15, -0.1) is 0 Å². The molecule has 0 spiro atoms. The standard InChI is InChI=1S/C15H21FN2O2/c1-17(2)12-6-4-8-18(10-12)9-11-5-3-7-13(14(11)16)15(19)20/h3,5,7,12H,4,6,8-10H2,1-2H3,(H,19,20). The molecule has 0 saturated carbocycles. The van der Waals surface area contributed by atoms with Crippen LogP contribution in [0.15, 0.2) is 18.2 Å². The molecule has 2 rings (SSSR count). The zero-order valence-electron chi connectivity index (χ0n) is 12.0. The van der Waals surface area contributed by atoms with Crippen LogP contribution >= 0.6 is 0 Å². The minimum atomic E-state index is -1.21. The number of rotatable bonds is 4. The van der Waals surface area contributed by atoms with E-state index in [4.69, 9.17) is 5.11 Å². The summed E-state index contributed by atoms with van der Waals surface area (Å²) >= 11 is 0. The normalized spacial score (nSPS) is 20.3. The number of aromatic carboxylic acids is 1. The first-order chi connectivity index (χ1) is 9.49. The highest BCUT2D eigenvalue weighted by Crippen LogP contribution is 2.19. The van der Waals surface area contributed by atoms with Crippen molar-refractivity contribution in [1.82, 2.24) is 9.80 Å². The Balaban J connectivity index is 2.10. The second-order valence-electron chi connectivity index (χ2n) is 5.58. The zero-order valence-corrected chi connectivity index (χ0v) is 12.0. The quantitative estimate of drug-likeness (QED) is 0.916. The van der Waals surface area contributed by atoms with Gasteiger partial charge in [-0.05, 0) is 39.5 Å². The van der Waals surface area contributed by atoms with Crippen LogP contribution in [0.4, 0.5) is 4.39 Å². The number of hydrogen-bond acceptors (Lipinski definition) is 3. The third-order valence-corrected chi connectivity index (χ3v) is 3.91. The maximum absolute atomic E-state index is 14.1. The van der Waals surface area contributed by atoms with Gasteiger partial charge in [0.25, 0.3) is 0 Å². The Kier molecular flexibility index (Phi) is 4.73. The highest BCUT2D eigenvalue weighted by atomic mass is 19.1. The van der Waals surface area contributed by atoms with Crippen molar-refractivity contribution < 1.29 is 14.3 Å². The summed E-state index contributed by atoms with van der Waals surface area (Å²) in [7, 11) is 4.11. The molecule has 0 radical (unpaired) electrons. The van der Waals surface area contributed by atoms with Gasteiger partial charge in [-0.25, -0.2) is 9.18 Å². The smallest absolute Gasteiger partial charge is 0.338 e. The van der Waals surface area contributed by atoms with Crippen LogP contribution in [0.25, 0.3) is 0 Å². The lowest BCUT2D eigenvalue weighted by Crippen LogP contribution is -2.44. The Morgan fingerprint density at radius 3 is 2.90 bits per heavy atom. The van der Waals surface area contributed by atoms with E-state index >= 15 is 0 Å². The van der Waals surface area contributed by atoms with Crippen LogP contribution in [0.1, 0.15) is 28.8 Å². The molecule has 1 N–H and O–H groups in total. The van der Waals surface area contributed by atoms with Crippen molar-refractivity contribution in [2.24, 2.45) is 0 Å². The molecular formula is C15H21FN2O2. The molecule has 20 heavy (non-hydrogen) atoms. The number of nitrogens with zero attached hydrogens (tertiary/aromatic N) is 2. The molecule has 1 heterocycles. The van der Waals surface area contributed by atoms with E-state index in [0.29, 0.717) is 18.2 Å². The number of carbonyl (C=O) groups is 1. The second-order valence-corrected chi connectivity index (χ2v) is 5.58. The van der Waals surface area contributed by atoms with Crippen LogP contribution in [0.5, 0.6) is 0 Å². The summed E-state index contributed by atoms with van der Waals surface area (Å²) in [6, 6.07) is 5.06. The van der Waals surface area contributed by atoms with E-state index in [2.05, 4.69) is 23.9 Å². The topological polar surface area (TPSA) is 43.8 Å². The fourth-order valence-corrected chi connectivity index (χ4v) is 2.70. The molecule has 0 bridgehead atoms. The fourth-order valence-electron chi connectivity index (χ4n) is 2.70. The maximum atomic E-state index is 14.1. The van der Waals surface area contributed by atoms with Crippen LogP contribution in [0.3, 0.4) is 0 Å². The number of likely N-dealkylation sites (tertiary alicyclic amines) is 1. The summed E-state index contributed by atoms with van der Waals surface area (Å²) in [5, 5.41) is 8.95. The number of benzene rings is 1. The second kappa shape index (κ2) is 6.33. The van der Waals surface area contributed by atoms with Crippen molar-refractivity contribution in [2.45, 2.75) is 25.4 Å². The van der Waals surface area contributed by atoms with Crippen LogP contribution in [0.2, 0.25) is 0 Å². The Labute approximate surface area is 118 Å². The first-order valence-electron chi connectivity index (χ1n) is 6.88. The lowest BCUT2D eigenvalue weighted by Gasteiger charge is -2.36. The van der Waals surface area contributed by atoms with Gasteiger partial charge in [-0.2, -0.15) is 0 Å². The molecule has 1 fully saturated rings. The fraction of sp³-hybridized carbons (Fsp3) is 0.533. The number of hydrogen-bond donors (Lipinski definition) is 1. The van der Waals surface area contributed by atoms with Crippen LogP contribution in [-0.2, 0) is 6.54 Å². The molecular weight excluding hydrogens is 259 g/mol. The Bertz CT molecular complexity index is 491. The number of likely N-dealkylation sites (N-methyl/N-ethyl adjacent to an activating group) is 1. The molecule has 0 amide bonds. The van der Waals surface area contributed by atoms with Crippen LogP contribution in [-0.4, -0.2) is 54.1 Å². The van der Waals surface area contributed by atoms with E-state index in [1.807, 2.05) is 0 Å². The average molecular weight is 280 g/mol. The summed E-state index contributed by atoms with van der Waals surface area (Å²) in [5.74, 6) is -1.82. The summed E-state index contributed by atoms with van der Waals surface area (Å²) in [6.07, 6.45) is 2.24. The van der Waals surface area contributed by atoms with E-state index in [9.17, 15) is 9.18 Å². The Morgan fingerprint density at radius 2 is 2.25 bits per heavy atom. The molecule has 1 atom stereocenters. The van der Waals surface area contributed by atoms with E-state index < -0.39 is 11.8 Å². The lowest BCUT2D eigenvalue weighted by atomic mass is 10.0. The molecule has 110 valence electrons. The Hall–Kier alpha value is -1.46.